The molecule has 1 aromatic rings. The van der Waals surface area contributed by atoms with Gasteiger partial charge in [-0.1, -0.05) is 6.07 Å². The van der Waals surface area contributed by atoms with Gasteiger partial charge in [0.2, 0.25) is 5.91 Å². The van der Waals surface area contributed by atoms with E-state index in [-0.39, 0.29) is 11.2 Å². The normalized spacial score (nSPS) is 23.8. The average molecular weight is 277 g/mol. The molecule has 0 aromatic heterocycles. The van der Waals surface area contributed by atoms with Crippen molar-refractivity contribution in [1.29, 1.82) is 0 Å². The summed E-state index contributed by atoms with van der Waals surface area (Å²) in [5.74, 6) is 0.108. The second kappa shape index (κ2) is 5.53. The van der Waals surface area contributed by atoms with Crippen LogP contribution < -0.4 is 10.6 Å². The molecule has 102 valence electrons. The van der Waals surface area contributed by atoms with Crippen molar-refractivity contribution in [3.8, 4) is 0 Å². The third-order valence-corrected chi connectivity index (χ3v) is 4.77. The molecule has 0 bridgehead atoms. The number of piperazine rings is 1. The van der Waals surface area contributed by atoms with Crippen LogP contribution in [0.25, 0.3) is 0 Å². The third-order valence-electron chi connectivity index (χ3n) is 3.59. The zero-order valence-corrected chi connectivity index (χ0v) is 11.9. The summed E-state index contributed by atoms with van der Waals surface area (Å²) in [5.41, 5.74) is 2.25. The van der Waals surface area contributed by atoms with Crippen molar-refractivity contribution in [2.24, 2.45) is 0 Å². The van der Waals surface area contributed by atoms with E-state index in [0.717, 1.165) is 38.4 Å². The van der Waals surface area contributed by atoms with Crippen LogP contribution >= 0.6 is 11.8 Å². The van der Waals surface area contributed by atoms with Crippen LogP contribution in [0.1, 0.15) is 12.5 Å². The molecule has 1 atom stereocenters. The van der Waals surface area contributed by atoms with Gasteiger partial charge in [0.15, 0.2) is 0 Å². The summed E-state index contributed by atoms with van der Waals surface area (Å²) in [5, 5.41) is 6.36. The Balaban J connectivity index is 1.74. The number of rotatable bonds is 2. The summed E-state index contributed by atoms with van der Waals surface area (Å²) in [6.07, 6.45) is 0. The van der Waals surface area contributed by atoms with Gasteiger partial charge in [0, 0.05) is 37.6 Å². The van der Waals surface area contributed by atoms with Crippen molar-refractivity contribution in [1.82, 2.24) is 10.2 Å². The molecule has 2 heterocycles. The summed E-state index contributed by atoms with van der Waals surface area (Å²) >= 11 is 1.64. The van der Waals surface area contributed by atoms with Gasteiger partial charge in [0.25, 0.3) is 0 Å². The Hall–Kier alpha value is -1.04. The SMILES string of the molecule is CC1Sc2ccc(CN3CCNCC3)cc2NC1=O. The van der Waals surface area contributed by atoms with E-state index in [1.165, 1.54) is 10.5 Å². The first kappa shape index (κ1) is 13.0. The van der Waals surface area contributed by atoms with Gasteiger partial charge in [-0.25, -0.2) is 0 Å². The van der Waals surface area contributed by atoms with Crippen LogP contribution in [0.15, 0.2) is 23.1 Å². The lowest BCUT2D eigenvalue weighted by atomic mass is 10.1. The smallest absolute Gasteiger partial charge is 0.237 e. The molecule has 0 saturated carbocycles. The number of nitrogens with one attached hydrogen (secondary N) is 2. The maximum absolute atomic E-state index is 11.7. The van der Waals surface area contributed by atoms with Gasteiger partial charge in [-0.3, -0.25) is 9.69 Å². The largest absolute Gasteiger partial charge is 0.324 e. The summed E-state index contributed by atoms with van der Waals surface area (Å²) in [7, 11) is 0. The van der Waals surface area contributed by atoms with Gasteiger partial charge < -0.3 is 10.6 Å². The standard InChI is InChI=1S/C14H19N3OS/c1-10-14(18)16-12-8-11(2-3-13(12)19-10)9-17-6-4-15-5-7-17/h2-3,8,10,15H,4-7,9H2,1H3,(H,16,18). The Morgan fingerprint density at radius 3 is 2.95 bits per heavy atom. The predicted molar refractivity (Wildman–Crippen MR) is 78.5 cm³/mol. The highest BCUT2D eigenvalue weighted by molar-refractivity contribution is 8.00. The molecule has 1 unspecified atom stereocenters. The molecule has 2 aliphatic heterocycles. The van der Waals surface area contributed by atoms with Crippen LogP contribution in [-0.4, -0.2) is 42.2 Å². The molecule has 1 aromatic carbocycles. The van der Waals surface area contributed by atoms with Gasteiger partial charge in [0.1, 0.15) is 0 Å². The van der Waals surface area contributed by atoms with Crippen LogP contribution in [0.2, 0.25) is 0 Å². The van der Waals surface area contributed by atoms with E-state index in [9.17, 15) is 4.79 Å². The fourth-order valence-electron chi connectivity index (χ4n) is 2.48. The van der Waals surface area contributed by atoms with E-state index < -0.39 is 0 Å². The Morgan fingerprint density at radius 1 is 1.37 bits per heavy atom. The summed E-state index contributed by atoms with van der Waals surface area (Å²) < 4.78 is 0. The maximum Gasteiger partial charge on any atom is 0.237 e. The third kappa shape index (κ3) is 2.94. The minimum Gasteiger partial charge on any atom is -0.324 e. The number of anilines is 1. The molecular formula is C14H19N3OS. The molecule has 19 heavy (non-hydrogen) atoms. The van der Waals surface area contributed by atoms with Gasteiger partial charge in [-0.05, 0) is 24.6 Å². The van der Waals surface area contributed by atoms with E-state index in [1.807, 2.05) is 6.92 Å². The molecule has 0 spiro atoms. The van der Waals surface area contributed by atoms with Gasteiger partial charge in [0.05, 0.1) is 10.9 Å². The molecule has 0 aliphatic carbocycles. The molecule has 1 amide bonds. The molecule has 0 radical (unpaired) electrons. The number of thioether (sulfide) groups is 1. The zero-order chi connectivity index (χ0) is 13.2. The first-order chi connectivity index (χ1) is 9.22. The van der Waals surface area contributed by atoms with Crippen molar-refractivity contribution in [3.63, 3.8) is 0 Å². The Labute approximate surface area is 117 Å². The van der Waals surface area contributed by atoms with E-state index >= 15 is 0 Å². The summed E-state index contributed by atoms with van der Waals surface area (Å²) in [6.45, 7) is 7.22. The van der Waals surface area contributed by atoms with Crippen molar-refractivity contribution in [3.05, 3.63) is 23.8 Å². The van der Waals surface area contributed by atoms with Gasteiger partial charge >= 0.3 is 0 Å². The van der Waals surface area contributed by atoms with Gasteiger partial charge in [-0.2, -0.15) is 0 Å². The van der Waals surface area contributed by atoms with Crippen LogP contribution in [0.5, 0.6) is 0 Å². The highest BCUT2D eigenvalue weighted by atomic mass is 32.2. The van der Waals surface area contributed by atoms with Crippen molar-refractivity contribution >= 4 is 23.4 Å². The second-order valence-corrected chi connectivity index (χ2v) is 6.49. The van der Waals surface area contributed by atoms with Crippen LogP contribution in [0.4, 0.5) is 5.69 Å². The molecule has 1 saturated heterocycles. The molecule has 2 aliphatic rings. The number of carbonyl (C=O) groups excluding carboxylic acids is 1. The highest BCUT2D eigenvalue weighted by Crippen LogP contribution is 2.36. The van der Waals surface area contributed by atoms with Crippen molar-refractivity contribution in [2.45, 2.75) is 23.6 Å². The molecular weight excluding hydrogens is 258 g/mol. The minimum atomic E-state index is 0.00604. The molecule has 2 N–H and O–H groups in total. The Bertz CT molecular complexity index is 486. The Morgan fingerprint density at radius 2 is 2.16 bits per heavy atom. The summed E-state index contributed by atoms with van der Waals surface area (Å²) in [6, 6.07) is 6.43. The predicted octanol–water partition coefficient (Wildman–Crippen LogP) is 1.52. The summed E-state index contributed by atoms with van der Waals surface area (Å²) in [4.78, 5) is 15.3. The number of benzene rings is 1. The molecule has 3 rings (SSSR count). The topological polar surface area (TPSA) is 44.4 Å². The fraction of sp³-hybridized carbons (Fsp3) is 0.500. The van der Waals surface area contributed by atoms with Crippen LogP contribution in [-0.2, 0) is 11.3 Å². The lowest BCUT2D eigenvalue weighted by molar-refractivity contribution is -0.115. The first-order valence-corrected chi connectivity index (χ1v) is 7.64. The fourth-order valence-corrected chi connectivity index (χ4v) is 3.41. The van der Waals surface area contributed by atoms with E-state index in [4.69, 9.17) is 0 Å². The highest BCUT2D eigenvalue weighted by Gasteiger charge is 2.23. The Kier molecular flexibility index (Phi) is 3.77. The average Bonchev–Trinajstić information content (AvgIpc) is 2.42. The van der Waals surface area contributed by atoms with Gasteiger partial charge in [-0.15, -0.1) is 11.8 Å². The maximum atomic E-state index is 11.7. The first-order valence-electron chi connectivity index (χ1n) is 6.76. The second-order valence-electron chi connectivity index (χ2n) is 5.11. The van der Waals surface area contributed by atoms with Crippen LogP contribution in [0.3, 0.4) is 0 Å². The molecule has 4 nitrogen and oxygen atoms in total. The van der Waals surface area contributed by atoms with Crippen molar-refractivity contribution < 1.29 is 4.79 Å². The monoisotopic (exact) mass is 277 g/mol. The van der Waals surface area contributed by atoms with Crippen LogP contribution in [0, 0.1) is 0 Å². The lowest BCUT2D eigenvalue weighted by Gasteiger charge is -2.28. The molecule has 1 fully saturated rings. The number of hydrogen-bond acceptors (Lipinski definition) is 4. The number of nitrogens with zero attached hydrogens (tertiary/aromatic N) is 1. The number of carbonyl (C=O) groups is 1. The van der Waals surface area contributed by atoms with E-state index in [2.05, 4.69) is 33.7 Å². The van der Waals surface area contributed by atoms with E-state index in [1.54, 1.807) is 11.8 Å². The minimum absolute atomic E-state index is 0.00604. The quantitative estimate of drug-likeness (QED) is 0.860. The van der Waals surface area contributed by atoms with E-state index in [0.29, 0.717) is 0 Å². The number of amides is 1. The lowest BCUT2D eigenvalue weighted by Crippen LogP contribution is -2.42. The number of fused-ring (bicyclic) bond motifs is 1. The number of hydrogen-bond donors (Lipinski definition) is 2. The zero-order valence-electron chi connectivity index (χ0n) is 11.1. The van der Waals surface area contributed by atoms with Crippen molar-refractivity contribution in [2.75, 3.05) is 31.5 Å². The molecule has 5 heteroatoms.